The Labute approximate surface area is 69.0 Å². The molecule has 2 aliphatic rings. The van der Waals surface area contributed by atoms with Gasteiger partial charge in [-0.1, -0.05) is 6.92 Å². The van der Waals surface area contributed by atoms with Crippen LogP contribution in [0.4, 0.5) is 0 Å². The van der Waals surface area contributed by atoms with Gasteiger partial charge in [0.15, 0.2) is 0 Å². The second kappa shape index (κ2) is 2.46. The molecule has 0 saturated carbocycles. The lowest BCUT2D eigenvalue weighted by Crippen LogP contribution is -2.46. The minimum atomic E-state index is 0.731. The molecule has 2 bridgehead atoms. The Kier molecular flexibility index (Phi) is 1.69. The molecule has 2 aliphatic heterocycles. The summed E-state index contributed by atoms with van der Waals surface area (Å²) in [5.41, 5.74) is 0. The lowest BCUT2D eigenvalue weighted by atomic mass is 10.0. The molecule has 2 heterocycles. The van der Waals surface area contributed by atoms with Gasteiger partial charge in [-0.25, -0.2) is 0 Å². The molecule has 0 radical (unpaired) electrons. The van der Waals surface area contributed by atoms with E-state index in [1.807, 2.05) is 0 Å². The third-order valence-corrected chi connectivity index (χ3v) is 3.33. The molecule has 1 N–H and O–H groups in total. The van der Waals surface area contributed by atoms with Crippen LogP contribution in [0.2, 0.25) is 0 Å². The molecule has 1 unspecified atom stereocenters. The van der Waals surface area contributed by atoms with Crippen LogP contribution in [0, 0.1) is 5.92 Å². The van der Waals surface area contributed by atoms with Gasteiger partial charge in [-0.15, -0.1) is 0 Å². The molecule has 0 spiro atoms. The van der Waals surface area contributed by atoms with Crippen LogP contribution in [0.3, 0.4) is 0 Å². The van der Waals surface area contributed by atoms with Gasteiger partial charge in [-0.2, -0.15) is 0 Å². The van der Waals surface area contributed by atoms with Gasteiger partial charge in [0.05, 0.1) is 0 Å². The molecular formula is C9H18N2. The highest BCUT2D eigenvalue weighted by molar-refractivity contribution is 5.03. The van der Waals surface area contributed by atoms with E-state index in [1.165, 1.54) is 13.1 Å². The topological polar surface area (TPSA) is 15.3 Å². The summed E-state index contributed by atoms with van der Waals surface area (Å²) in [6.45, 7) is 9.45. The van der Waals surface area contributed by atoms with Crippen molar-refractivity contribution < 1.29 is 0 Å². The Balaban J connectivity index is 2.09. The maximum absolute atomic E-state index is 3.55. The van der Waals surface area contributed by atoms with E-state index in [-0.39, 0.29) is 0 Å². The largest absolute Gasteiger partial charge is 0.311 e. The summed E-state index contributed by atoms with van der Waals surface area (Å²) in [6, 6.07) is 2.33. The quantitative estimate of drug-likeness (QED) is 0.597. The number of nitrogens with one attached hydrogen (secondary N) is 1. The molecule has 0 aromatic heterocycles. The van der Waals surface area contributed by atoms with Crippen LogP contribution in [-0.2, 0) is 0 Å². The van der Waals surface area contributed by atoms with Crippen molar-refractivity contribution in [3.63, 3.8) is 0 Å². The summed E-state index contributed by atoms with van der Waals surface area (Å²) in [6.07, 6.45) is 0. The predicted octanol–water partition coefficient (Wildman–Crippen LogP) is 0.687. The lowest BCUT2D eigenvalue weighted by Gasteiger charge is -2.30. The van der Waals surface area contributed by atoms with E-state index in [1.54, 1.807) is 0 Å². The minimum absolute atomic E-state index is 0.731. The first kappa shape index (κ1) is 7.56. The van der Waals surface area contributed by atoms with Gasteiger partial charge in [-0.3, -0.25) is 4.90 Å². The summed E-state index contributed by atoms with van der Waals surface area (Å²) >= 11 is 0. The molecule has 64 valence electrons. The summed E-state index contributed by atoms with van der Waals surface area (Å²) in [5.74, 6) is 0.873. The molecule has 0 amide bonds. The van der Waals surface area contributed by atoms with E-state index in [2.05, 4.69) is 31.0 Å². The zero-order valence-corrected chi connectivity index (χ0v) is 7.67. The number of piperazine rings is 1. The third-order valence-electron chi connectivity index (χ3n) is 3.33. The summed E-state index contributed by atoms with van der Waals surface area (Å²) in [4.78, 5) is 2.63. The maximum Gasteiger partial charge on any atom is 0.0265 e. The monoisotopic (exact) mass is 154 g/mol. The highest BCUT2D eigenvalue weighted by Crippen LogP contribution is 2.30. The van der Waals surface area contributed by atoms with Crippen molar-refractivity contribution in [2.45, 2.75) is 38.9 Å². The number of rotatable bonds is 1. The van der Waals surface area contributed by atoms with E-state index >= 15 is 0 Å². The highest BCUT2D eigenvalue weighted by atomic mass is 15.3. The Morgan fingerprint density at radius 3 is 2.45 bits per heavy atom. The Morgan fingerprint density at radius 2 is 2.18 bits per heavy atom. The molecular weight excluding hydrogens is 136 g/mol. The predicted molar refractivity (Wildman–Crippen MR) is 46.6 cm³/mol. The van der Waals surface area contributed by atoms with E-state index in [0.717, 1.165) is 24.0 Å². The molecule has 0 aromatic carbocycles. The van der Waals surface area contributed by atoms with Crippen molar-refractivity contribution >= 4 is 0 Å². The van der Waals surface area contributed by atoms with Crippen LogP contribution in [0.1, 0.15) is 20.8 Å². The van der Waals surface area contributed by atoms with Gasteiger partial charge in [0.1, 0.15) is 0 Å². The van der Waals surface area contributed by atoms with Gasteiger partial charge in [0, 0.05) is 31.2 Å². The summed E-state index contributed by atoms with van der Waals surface area (Å²) in [5, 5.41) is 3.55. The van der Waals surface area contributed by atoms with Gasteiger partial charge in [0.25, 0.3) is 0 Å². The zero-order valence-electron chi connectivity index (χ0n) is 7.67. The molecule has 0 aromatic rings. The number of hydrogen-bond donors (Lipinski definition) is 1. The van der Waals surface area contributed by atoms with Crippen molar-refractivity contribution in [1.82, 2.24) is 10.2 Å². The third kappa shape index (κ3) is 1.00. The molecule has 2 saturated heterocycles. The Hall–Kier alpha value is -0.0800. The fraction of sp³-hybridized carbons (Fsp3) is 1.00. The van der Waals surface area contributed by atoms with Crippen LogP contribution >= 0.6 is 0 Å². The normalized spacial score (nSPS) is 44.2. The SMILES string of the molecule is CC(C)N1CC2NC[C@H]1[C@@H]2C. The summed E-state index contributed by atoms with van der Waals surface area (Å²) in [7, 11) is 0. The van der Waals surface area contributed by atoms with Gasteiger partial charge >= 0.3 is 0 Å². The first-order valence-corrected chi connectivity index (χ1v) is 4.69. The first-order valence-electron chi connectivity index (χ1n) is 4.69. The smallest absolute Gasteiger partial charge is 0.0265 e. The molecule has 3 atom stereocenters. The second-order valence-corrected chi connectivity index (χ2v) is 4.23. The minimum Gasteiger partial charge on any atom is -0.311 e. The van der Waals surface area contributed by atoms with Crippen molar-refractivity contribution in [2.75, 3.05) is 13.1 Å². The molecule has 11 heavy (non-hydrogen) atoms. The van der Waals surface area contributed by atoms with Gasteiger partial charge < -0.3 is 5.32 Å². The van der Waals surface area contributed by atoms with E-state index in [4.69, 9.17) is 0 Å². The van der Waals surface area contributed by atoms with Crippen LogP contribution < -0.4 is 5.32 Å². The molecule has 0 aliphatic carbocycles. The van der Waals surface area contributed by atoms with Crippen LogP contribution in [-0.4, -0.2) is 36.1 Å². The van der Waals surface area contributed by atoms with Crippen LogP contribution in [0.15, 0.2) is 0 Å². The van der Waals surface area contributed by atoms with Crippen molar-refractivity contribution in [2.24, 2.45) is 5.92 Å². The highest BCUT2D eigenvalue weighted by Gasteiger charge is 2.44. The van der Waals surface area contributed by atoms with Crippen LogP contribution in [0.5, 0.6) is 0 Å². The summed E-state index contributed by atoms with van der Waals surface area (Å²) < 4.78 is 0. The average molecular weight is 154 g/mol. The number of nitrogens with zero attached hydrogens (tertiary/aromatic N) is 1. The van der Waals surface area contributed by atoms with Crippen LogP contribution in [0.25, 0.3) is 0 Å². The van der Waals surface area contributed by atoms with Gasteiger partial charge in [0.2, 0.25) is 0 Å². The first-order chi connectivity index (χ1) is 5.20. The Morgan fingerprint density at radius 1 is 1.45 bits per heavy atom. The lowest BCUT2D eigenvalue weighted by molar-refractivity contribution is 0.174. The average Bonchev–Trinajstić information content (AvgIpc) is 2.46. The second-order valence-electron chi connectivity index (χ2n) is 4.23. The zero-order chi connectivity index (χ0) is 8.01. The van der Waals surface area contributed by atoms with E-state index in [0.29, 0.717) is 0 Å². The fourth-order valence-corrected chi connectivity index (χ4v) is 2.52. The maximum atomic E-state index is 3.55. The van der Waals surface area contributed by atoms with Crippen molar-refractivity contribution in [3.05, 3.63) is 0 Å². The fourth-order valence-electron chi connectivity index (χ4n) is 2.52. The number of hydrogen-bond acceptors (Lipinski definition) is 2. The molecule has 2 fully saturated rings. The van der Waals surface area contributed by atoms with E-state index < -0.39 is 0 Å². The molecule has 2 heteroatoms. The standard InChI is InChI=1S/C9H18N2/c1-6(2)11-5-8-7(3)9(11)4-10-8/h6-10H,4-5H2,1-3H3/t7-,8?,9+/m1/s1. The molecule has 2 nitrogen and oxygen atoms in total. The van der Waals surface area contributed by atoms with E-state index in [9.17, 15) is 0 Å². The Bertz CT molecular complexity index is 156. The molecule has 2 rings (SSSR count). The van der Waals surface area contributed by atoms with Gasteiger partial charge in [-0.05, 0) is 19.8 Å². The number of fused-ring (bicyclic) bond motifs is 2. The van der Waals surface area contributed by atoms with Crippen molar-refractivity contribution in [1.29, 1.82) is 0 Å². The van der Waals surface area contributed by atoms with Crippen molar-refractivity contribution in [3.8, 4) is 0 Å². The number of likely N-dealkylation sites (tertiary alicyclic amines) is 1.